The molecule has 0 atom stereocenters. The maximum absolute atomic E-state index is 13.7. The zero-order valence-electron chi connectivity index (χ0n) is 23.3. The molecule has 0 aromatic heterocycles. The fraction of sp³-hybridized carbons (Fsp3) is 0.483. The van der Waals surface area contributed by atoms with Gasteiger partial charge in [0.15, 0.2) is 6.61 Å². The molecule has 5 nitrogen and oxygen atoms in total. The number of esters is 1. The van der Waals surface area contributed by atoms with E-state index in [-0.39, 0.29) is 18.2 Å². The monoisotopic (exact) mass is 576 g/mol. The lowest BCUT2D eigenvalue weighted by atomic mass is 9.70. The second-order valence-corrected chi connectivity index (χ2v) is 9.32. The first kappa shape index (κ1) is 33.2. The van der Waals surface area contributed by atoms with Gasteiger partial charge in [0, 0.05) is 12.5 Å². The fourth-order valence-electron chi connectivity index (χ4n) is 4.62. The van der Waals surface area contributed by atoms with E-state index in [1.807, 2.05) is 32.9 Å². The molecule has 0 saturated heterocycles. The summed E-state index contributed by atoms with van der Waals surface area (Å²) in [6.45, 7) is 6.01. The molecule has 11 heteroatoms. The lowest BCUT2D eigenvalue weighted by Crippen LogP contribution is -2.57. The van der Waals surface area contributed by atoms with Crippen molar-refractivity contribution in [3.8, 4) is 5.75 Å². The van der Waals surface area contributed by atoms with E-state index in [9.17, 15) is 31.1 Å². The van der Waals surface area contributed by atoms with Gasteiger partial charge in [-0.05, 0) is 66.6 Å². The van der Waals surface area contributed by atoms with Gasteiger partial charge in [0.1, 0.15) is 12.5 Å². The molecule has 0 spiro atoms. The first-order valence-corrected chi connectivity index (χ1v) is 12.5. The maximum Gasteiger partial charge on any atom is 0.430 e. The Bertz CT molecular complexity index is 1170. The van der Waals surface area contributed by atoms with Crippen LogP contribution in [-0.4, -0.2) is 51.5 Å². The quantitative estimate of drug-likeness (QED) is 0.149. The van der Waals surface area contributed by atoms with Crippen molar-refractivity contribution in [2.45, 2.75) is 63.9 Å². The lowest BCUT2D eigenvalue weighted by molar-refractivity contribution is -0.372. The summed E-state index contributed by atoms with van der Waals surface area (Å²) in [6.07, 6.45) is -9.48. The van der Waals surface area contributed by atoms with E-state index in [4.69, 9.17) is 4.74 Å². The van der Waals surface area contributed by atoms with E-state index in [1.54, 1.807) is 25.1 Å². The lowest BCUT2D eigenvalue weighted by Gasteiger charge is -2.35. The summed E-state index contributed by atoms with van der Waals surface area (Å²) in [5.74, 6) is -0.00190. The number of carbonyl (C=O) groups is 1. The summed E-state index contributed by atoms with van der Waals surface area (Å²) >= 11 is 0. The van der Waals surface area contributed by atoms with Crippen LogP contribution >= 0.6 is 0 Å². The minimum absolute atomic E-state index is 0.0165. The predicted molar refractivity (Wildman–Crippen MR) is 138 cm³/mol. The third-order valence-corrected chi connectivity index (χ3v) is 7.07. The molecule has 2 aromatic rings. The Morgan fingerprint density at radius 1 is 0.850 bits per heavy atom. The highest BCUT2D eigenvalue weighted by Gasteiger charge is 2.71. The smallest absolute Gasteiger partial charge is 0.430 e. The van der Waals surface area contributed by atoms with Crippen molar-refractivity contribution in [1.82, 2.24) is 0 Å². The van der Waals surface area contributed by atoms with Crippen molar-refractivity contribution in [3.05, 3.63) is 70.3 Å². The van der Waals surface area contributed by atoms with E-state index in [2.05, 4.69) is 14.2 Å². The van der Waals surface area contributed by atoms with Crippen LogP contribution in [-0.2, 0) is 24.4 Å². The van der Waals surface area contributed by atoms with Crippen LogP contribution in [0.5, 0.6) is 5.75 Å². The van der Waals surface area contributed by atoms with Gasteiger partial charge < -0.3 is 18.9 Å². The van der Waals surface area contributed by atoms with Gasteiger partial charge in [0.2, 0.25) is 0 Å². The van der Waals surface area contributed by atoms with Gasteiger partial charge >= 0.3 is 18.3 Å². The Morgan fingerprint density at radius 2 is 1.40 bits per heavy atom. The summed E-state index contributed by atoms with van der Waals surface area (Å²) in [7, 11) is 2.20. The number of benzene rings is 2. The first-order valence-electron chi connectivity index (χ1n) is 12.5. The molecule has 0 amide bonds. The van der Waals surface area contributed by atoms with Gasteiger partial charge in [-0.3, -0.25) is 0 Å². The van der Waals surface area contributed by atoms with Gasteiger partial charge in [-0.15, -0.1) is 0 Å². The Balaban J connectivity index is 2.52. The number of ether oxygens (including phenoxy) is 4. The van der Waals surface area contributed by atoms with E-state index in [0.717, 1.165) is 29.9 Å². The maximum atomic E-state index is 13.7. The highest BCUT2D eigenvalue weighted by atomic mass is 19.4. The van der Waals surface area contributed by atoms with Crippen LogP contribution in [0.15, 0.2) is 42.5 Å². The Labute approximate surface area is 230 Å². The molecular weight excluding hydrogens is 542 g/mol. The SMILES string of the molecule is CCC(CC)(c1ccc(/C=C/C(OCOC)(C(F)(F)F)C(F)(F)F)c(C)c1)c1ccc(OCC(=O)OC)c(C)c1. The molecule has 222 valence electrons. The summed E-state index contributed by atoms with van der Waals surface area (Å²) in [5.41, 5.74) is -1.79. The molecule has 40 heavy (non-hydrogen) atoms. The average molecular weight is 577 g/mol. The largest absolute Gasteiger partial charge is 0.482 e. The molecule has 0 N–H and O–H groups in total. The number of hydrogen-bond acceptors (Lipinski definition) is 5. The van der Waals surface area contributed by atoms with Crippen molar-refractivity contribution < 1.29 is 50.1 Å². The molecule has 0 radical (unpaired) electrons. The second-order valence-electron chi connectivity index (χ2n) is 9.32. The van der Waals surface area contributed by atoms with Gasteiger partial charge in [0.25, 0.3) is 5.60 Å². The second kappa shape index (κ2) is 13.1. The standard InChI is InChI=1S/C29H34F6O5/c1-7-26(8-2,23-11-12-24(20(4)16-23)39-17-25(36)38-6)22-10-9-21(19(3)15-22)13-14-27(28(30,31)32,29(33,34)35)40-18-37-5/h9-16H,7-8,17-18H2,1-6H3/b14-13+. The Morgan fingerprint density at radius 3 is 1.85 bits per heavy atom. The molecule has 0 bridgehead atoms. The van der Waals surface area contributed by atoms with Crippen molar-refractivity contribution in [2.24, 2.45) is 0 Å². The molecule has 0 unspecified atom stereocenters. The first-order chi connectivity index (χ1) is 18.6. The highest BCUT2D eigenvalue weighted by molar-refractivity contribution is 5.71. The van der Waals surface area contributed by atoms with Crippen LogP contribution in [0.25, 0.3) is 6.08 Å². The normalized spacial score (nSPS) is 13.1. The Hall–Kier alpha value is -3.05. The van der Waals surface area contributed by atoms with E-state index in [1.165, 1.54) is 13.2 Å². The summed E-state index contributed by atoms with van der Waals surface area (Å²) < 4.78 is 101. The van der Waals surface area contributed by atoms with Crippen LogP contribution < -0.4 is 4.74 Å². The van der Waals surface area contributed by atoms with Gasteiger partial charge in [0.05, 0.1) is 7.11 Å². The number of halogens is 6. The number of alkyl halides is 6. The summed E-state index contributed by atoms with van der Waals surface area (Å²) in [5, 5.41) is 0. The molecule has 2 aromatic carbocycles. The molecule has 0 fully saturated rings. The fourth-order valence-corrected chi connectivity index (χ4v) is 4.62. The van der Waals surface area contributed by atoms with Crippen molar-refractivity contribution in [3.63, 3.8) is 0 Å². The van der Waals surface area contributed by atoms with Gasteiger partial charge in [-0.25, -0.2) is 4.79 Å². The van der Waals surface area contributed by atoms with E-state index >= 15 is 0 Å². The number of hydrogen-bond donors (Lipinski definition) is 0. The summed E-state index contributed by atoms with van der Waals surface area (Å²) in [6, 6.07) is 10.5. The van der Waals surface area contributed by atoms with Crippen LogP contribution in [0.1, 0.15) is 54.5 Å². The number of methoxy groups -OCH3 is 2. The van der Waals surface area contributed by atoms with Crippen LogP contribution in [0, 0.1) is 13.8 Å². The van der Waals surface area contributed by atoms with E-state index < -0.39 is 36.1 Å². The molecule has 0 aliphatic carbocycles. The zero-order chi connectivity index (χ0) is 30.4. The summed E-state index contributed by atoms with van der Waals surface area (Å²) in [4.78, 5) is 11.4. The van der Waals surface area contributed by atoms with Crippen molar-refractivity contribution >= 4 is 12.0 Å². The Kier molecular flexibility index (Phi) is 10.8. The third-order valence-electron chi connectivity index (χ3n) is 7.07. The van der Waals surface area contributed by atoms with Crippen molar-refractivity contribution in [1.29, 1.82) is 0 Å². The molecular formula is C29H34F6O5. The van der Waals surface area contributed by atoms with Crippen LogP contribution in [0.4, 0.5) is 26.3 Å². The van der Waals surface area contributed by atoms with Crippen LogP contribution in [0.3, 0.4) is 0 Å². The zero-order valence-corrected chi connectivity index (χ0v) is 23.3. The molecule has 2 rings (SSSR count). The molecule has 0 aliphatic heterocycles. The minimum Gasteiger partial charge on any atom is -0.482 e. The molecule has 0 aliphatic rings. The van der Waals surface area contributed by atoms with Crippen LogP contribution in [0.2, 0.25) is 0 Å². The number of rotatable bonds is 12. The molecule has 0 heterocycles. The van der Waals surface area contributed by atoms with Gasteiger partial charge in [-0.2, -0.15) is 26.3 Å². The van der Waals surface area contributed by atoms with Crippen molar-refractivity contribution in [2.75, 3.05) is 27.6 Å². The minimum atomic E-state index is -5.78. The predicted octanol–water partition coefficient (Wildman–Crippen LogP) is 7.46. The molecule has 0 saturated carbocycles. The average Bonchev–Trinajstić information content (AvgIpc) is 2.88. The van der Waals surface area contributed by atoms with Gasteiger partial charge in [-0.1, -0.05) is 50.3 Å². The highest BCUT2D eigenvalue weighted by Crippen LogP contribution is 2.47. The van der Waals surface area contributed by atoms with E-state index in [0.29, 0.717) is 24.2 Å². The third kappa shape index (κ3) is 6.80. The number of carbonyl (C=O) groups excluding carboxylic acids is 1. The number of aryl methyl sites for hydroxylation is 2. The topological polar surface area (TPSA) is 54.0 Å².